The van der Waals surface area contributed by atoms with Gasteiger partial charge in [0.25, 0.3) is 11.8 Å². The molecule has 2 aromatic heterocycles. The second kappa shape index (κ2) is 7.56. The fourth-order valence-electron chi connectivity index (χ4n) is 3.32. The molecule has 0 bridgehead atoms. The van der Waals surface area contributed by atoms with E-state index >= 15 is 0 Å². The number of benzene rings is 2. The molecule has 0 spiro atoms. The zero-order valence-electron chi connectivity index (χ0n) is 16.3. The summed E-state index contributed by atoms with van der Waals surface area (Å²) < 4.78 is 5.89. The van der Waals surface area contributed by atoms with Crippen molar-refractivity contribution in [2.45, 2.75) is 20.8 Å². The second-order valence-corrected chi connectivity index (χ2v) is 7.87. The van der Waals surface area contributed by atoms with Crippen LogP contribution in [0.5, 0.6) is 0 Å². The minimum atomic E-state index is -0.298. The number of aryl methyl sites for hydroxylation is 3. The minimum absolute atomic E-state index is 0.152. The monoisotopic (exact) mass is 404 g/mol. The molecule has 146 valence electrons. The molecule has 0 saturated carbocycles. The first-order valence-corrected chi connectivity index (χ1v) is 10.1. The van der Waals surface area contributed by atoms with E-state index < -0.39 is 0 Å². The first-order chi connectivity index (χ1) is 13.9. The number of carbonyl (C=O) groups excluding carboxylic acids is 2. The molecule has 2 heterocycles. The standard InChI is InChI=1S/C23H20N2O3S/c1-13-6-7-14(2)20-19(13)15(3)21(28-20)23(27)25-17-10-8-16(9-11-17)24-22(26)18-5-4-12-29-18/h4-12H,1-3H3,(H,24,26)(H,25,27). The molecule has 6 heteroatoms. The number of anilines is 2. The summed E-state index contributed by atoms with van der Waals surface area (Å²) in [6.45, 7) is 5.88. The largest absolute Gasteiger partial charge is 0.450 e. The van der Waals surface area contributed by atoms with E-state index in [2.05, 4.69) is 10.6 Å². The van der Waals surface area contributed by atoms with E-state index in [0.29, 0.717) is 22.0 Å². The molecule has 0 saturated heterocycles. The summed E-state index contributed by atoms with van der Waals surface area (Å²) in [5.74, 6) is -0.138. The third-order valence-corrected chi connectivity index (χ3v) is 5.70. The zero-order chi connectivity index (χ0) is 20.5. The maximum absolute atomic E-state index is 12.8. The Morgan fingerprint density at radius 3 is 2.03 bits per heavy atom. The van der Waals surface area contributed by atoms with Crippen LogP contribution in [0.4, 0.5) is 11.4 Å². The van der Waals surface area contributed by atoms with Crippen molar-refractivity contribution in [1.29, 1.82) is 0 Å². The Hall–Kier alpha value is -3.38. The van der Waals surface area contributed by atoms with Crippen molar-refractivity contribution in [2.24, 2.45) is 0 Å². The zero-order valence-corrected chi connectivity index (χ0v) is 17.1. The van der Waals surface area contributed by atoms with Crippen LogP contribution in [0.15, 0.2) is 58.3 Å². The molecule has 0 aliphatic rings. The molecular weight excluding hydrogens is 384 g/mol. The number of fused-ring (bicyclic) bond motifs is 1. The number of carbonyl (C=O) groups is 2. The van der Waals surface area contributed by atoms with E-state index in [1.54, 1.807) is 30.3 Å². The van der Waals surface area contributed by atoms with E-state index in [4.69, 9.17) is 4.42 Å². The van der Waals surface area contributed by atoms with E-state index in [0.717, 1.165) is 27.7 Å². The smallest absolute Gasteiger partial charge is 0.291 e. The molecule has 2 amide bonds. The van der Waals surface area contributed by atoms with E-state index in [1.807, 2.05) is 44.4 Å². The Morgan fingerprint density at radius 2 is 1.45 bits per heavy atom. The Kier molecular flexibility index (Phi) is 4.94. The highest BCUT2D eigenvalue weighted by Gasteiger charge is 2.20. The lowest BCUT2D eigenvalue weighted by Gasteiger charge is -2.07. The SMILES string of the molecule is Cc1ccc(C)c2c(C)c(C(=O)Nc3ccc(NC(=O)c4cccs4)cc3)oc12. The maximum Gasteiger partial charge on any atom is 0.291 e. The molecule has 0 atom stereocenters. The lowest BCUT2D eigenvalue weighted by atomic mass is 10.0. The average Bonchev–Trinajstić information content (AvgIpc) is 3.35. The van der Waals surface area contributed by atoms with Crippen molar-refractivity contribution >= 4 is 45.5 Å². The summed E-state index contributed by atoms with van der Waals surface area (Å²) in [5, 5.41) is 8.55. The molecule has 0 aliphatic carbocycles. The molecule has 5 nitrogen and oxygen atoms in total. The number of thiophene rings is 1. The predicted molar refractivity (Wildman–Crippen MR) is 117 cm³/mol. The van der Waals surface area contributed by atoms with Crippen molar-refractivity contribution < 1.29 is 14.0 Å². The summed E-state index contributed by atoms with van der Waals surface area (Å²) >= 11 is 1.38. The van der Waals surface area contributed by atoms with Gasteiger partial charge in [-0.3, -0.25) is 9.59 Å². The highest BCUT2D eigenvalue weighted by molar-refractivity contribution is 7.12. The number of hydrogen-bond donors (Lipinski definition) is 2. The van der Waals surface area contributed by atoms with Crippen LogP contribution in [-0.4, -0.2) is 11.8 Å². The Bertz CT molecular complexity index is 1210. The third kappa shape index (κ3) is 3.67. The van der Waals surface area contributed by atoms with Crippen LogP contribution in [0.2, 0.25) is 0 Å². The highest BCUT2D eigenvalue weighted by Crippen LogP contribution is 2.31. The second-order valence-electron chi connectivity index (χ2n) is 6.92. The quantitative estimate of drug-likeness (QED) is 0.443. The summed E-state index contributed by atoms with van der Waals surface area (Å²) in [6, 6.07) is 14.6. The van der Waals surface area contributed by atoms with Crippen molar-refractivity contribution in [2.75, 3.05) is 10.6 Å². The van der Waals surface area contributed by atoms with Gasteiger partial charge < -0.3 is 15.1 Å². The van der Waals surface area contributed by atoms with Crippen LogP contribution in [-0.2, 0) is 0 Å². The molecule has 0 radical (unpaired) electrons. The van der Waals surface area contributed by atoms with Gasteiger partial charge >= 0.3 is 0 Å². The van der Waals surface area contributed by atoms with Gasteiger partial charge in [-0.25, -0.2) is 0 Å². The number of furan rings is 1. The molecule has 4 aromatic rings. The minimum Gasteiger partial charge on any atom is -0.450 e. The molecule has 4 rings (SSSR count). The van der Waals surface area contributed by atoms with Gasteiger partial charge in [-0.2, -0.15) is 0 Å². The van der Waals surface area contributed by atoms with E-state index in [9.17, 15) is 9.59 Å². The molecule has 0 fully saturated rings. The van der Waals surface area contributed by atoms with Crippen LogP contribution in [0.1, 0.15) is 36.9 Å². The van der Waals surface area contributed by atoms with Crippen molar-refractivity contribution in [3.63, 3.8) is 0 Å². The van der Waals surface area contributed by atoms with Gasteiger partial charge in [0.05, 0.1) is 4.88 Å². The van der Waals surface area contributed by atoms with Gasteiger partial charge in [0.15, 0.2) is 5.76 Å². The van der Waals surface area contributed by atoms with Crippen LogP contribution < -0.4 is 10.6 Å². The van der Waals surface area contributed by atoms with Gasteiger partial charge in [0.1, 0.15) is 5.58 Å². The van der Waals surface area contributed by atoms with Crippen LogP contribution in [0.25, 0.3) is 11.0 Å². The Labute approximate surface area is 172 Å². The summed E-state index contributed by atoms with van der Waals surface area (Å²) in [5.41, 5.74) is 4.94. The first kappa shape index (κ1) is 19.0. The lowest BCUT2D eigenvalue weighted by Crippen LogP contribution is -2.13. The molecule has 2 N–H and O–H groups in total. The normalized spacial score (nSPS) is 10.9. The van der Waals surface area contributed by atoms with Gasteiger partial charge in [-0.1, -0.05) is 18.2 Å². The Morgan fingerprint density at radius 1 is 0.828 bits per heavy atom. The molecule has 29 heavy (non-hydrogen) atoms. The van der Waals surface area contributed by atoms with Crippen molar-refractivity contribution in [3.8, 4) is 0 Å². The molecule has 0 unspecified atom stereocenters. The topological polar surface area (TPSA) is 71.3 Å². The lowest BCUT2D eigenvalue weighted by molar-refractivity contribution is 0.0995. The summed E-state index contributed by atoms with van der Waals surface area (Å²) in [6.07, 6.45) is 0. The van der Waals surface area contributed by atoms with Gasteiger partial charge in [0.2, 0.25) is 0 Å². The average molecular weight is 404 g/mol. The van der Waals surface area contributed by atoms with Crippen molar-refractivity contribution in [1.82, 2.24) is 0 Å². The van der Waals surface area contributed by atoms with Crippen LogP contribution in [0.3, 0.4) is 0 Å². The summed E-state index contributed by atoms with van der Waals surface area (Å²) in [7, 11) is 0. The van der Waals surface area contributed by atoms with Gasteiger partial charge in [-0.15, -0.1) is 11.3 Å². The fourth-order valence-corrected chi connectivity index (χ4v) is 3.94. The number of rotatable bonds is 4. The fraction of sp³-hybridized carbons (Fsp3) is 0.130. The van der Waals surface area contributed by atoms with Gasteiger partial charge in [0, 0.05) is 22.3 Å². The number of hydrogen-bond acceptors (Lipinski definition) is 4. The van der Waals surface area contributed by atoms with Gasteiger partial charge in [-0.05, 0) is 67.6 Å². The molecular formula is C23H20N2O3S. The maximum atomic E-state index is 12.8. The molecule has 2 aromatic carbocycles. The van der Waals surface area contributed by atoms with Crippen molar-refractivity contribution in [3.05, 3.63) is 81.2 Å². The predicted octanol–water partition coefficient (Wildman–Crippen LogP) is 5.92. The number of amides is 2. The number of nitrogens with one attached hydrogen (secondary N) is 2. The first-order valence-electron chi connectivity index (χ1n) is 9.19. The third-order valence-electron chi connectivity index (χ3n) is 4.83. The van der Waals surface area contributed by atoms with E-state index in [-0.39, 0.29) is 11.8 Å². The molecule has 0 aliphatic heterocycles. The Balaban J connectivity index is 1.51. The van der Waals surface area contributed by atoms with Crippen LogP contribution in [0, 0.1) is 20.8 Å². The van der Waals surface area contributed by atoms with Crippen LogP contribution >= 0.6 is 11.3 Å². The summed E-state index contributed by atoms with van der Waals surface area (Å²) in [4.78, 5) is 25.5. The highest BCUT2D eigenvalue weighted by atomic mass is 32.1. The van der Waals surface area contributed by atoms with E-state index in [1.165, 1.54) is 11.3 Å².